The van der Waals surface area contributed by atoms with Crippen molar-refractivity contribution in [2.75, 3.05) is 32.2 Å². The summed E-state index contributed by atoms with van der Waals surface area (Å²) < 4.78 is 11.1. The summed E-state index contributed by atoms with van der Waals surface area (Å²) in [7, 11) is 3.99. The highest BCUT2D eigenvalue weighted by Gasteiger charge is 2.11. The molecular formula is C12H19NO2. The van der Waals surface area contributed by atoms with Crippen molar-refractivity contribution in [3.05, 3.63) is 18.2 Å². The van der Waals surface area contributed by atoms with E-state index in [4.69, 9.17) is 9.47 Å². The molecular weight excluding hydrogens is 190 g/mol. The lowest BCUT2D eigenvalue weighted by Gasteiger charge is -2.19. The van der Waals surface area contributed by atoms with Gasteiger partial charge in [-0.15, -0.1) is 0 Å². The molecule has 0 aliphatic rings. The van der Waals surface area contributed by atoms with E-state index >= 15 is 0 Å². The second kappa shape index (κ2) is 5.49. The van der Waals surface area contributed by atoms with E-state index in [0.717, 1.165) is 17.2 Å². The van der Waals surface area contributed by atoms with Gasteiger partial charge in [0.1, 0.15) is 0 Å². The first kappa shape index (κ1) is 11.7. The Morgan fingerprint density at radius 3 is 2.27 bits per heavy atom. The molecule has 0 saturated carbocycles. The Morgan fingerprint density at radius 2 is 1.73 bits per heavy atom. The minimum absolute atomic E-state index is 0.644. The standard InChI is InChI=1S/C12H19NO2/c1-5-14-11-9-7-8-10(13(3)4)12(11)15-6-2/h7-9H,5-6H2,1-4H3. The predicted molar refractivity (Wildman–Crippen MR) is 63.1 cm³/mol. The molecule has 3 heteroatoms. The van der Waals surface area contributed by atoms with Gasteiger partial charge in [0.25, 0.3) is 0 Å². The molecule has 15 heavy (non-hydrogen) atoms. The predicted octanol–water partition coefficient (Wildman–Crippen LogP) is 2.55. The van der Waals surface area contributed by atoms with Gasteiger partial charge in [-0.3, -0.25) is 0 Å². The van der Waals surface area contributed by atoms with Gasteiger partial charge in [-0.05, 0) is 26.0 Å². The number of para-hydroxylation sites is 1. The Bertz CT molecular complexity index is 310. The maximum absolute atomic E-state index is 5.62. The summed E-state index contributed by atoms with van der Waals surface area (Å²) >= 11 is 0. The number of ether oxygens (including phenoxy) is 2. The maximum atomic E-state index is 5.62. The van der Waals surface area contributed by atoms with Crippen LogP contribution in [0.5, 0.6) is 11.5 Å². The van der Waals surface area contributed by atoms with Crippen LogP contribution in [0.1, 0.15) is 13.8 Å². The van der Waals surface area contributed by atoms with E-state index in [0.29, 0.717) is 13.2 Å². The Balaban J connectivity index is 3.09. The van der Waals surface area contributed by atoms with Crippen LogP contribution in [0.2, 0.25) is 0 Å². The van der Waals surface area contributed by atoms with Crippen molar-refractivity contribution in [1.82, 2.24) is 0 Å². The molecule has 0 spiro atoms. The summed E-state index contributed by atoms with van der Waals surface area (Å²) in [6.07, 6.45) is 0. The maximum Gasteiger partial charge on any atom is 0.184 e. The minimum Gasteiger partial charge on any atom is -0.490 e. The number of nitrogens with zero attached hydrogens (tertiary/aromatic N) is 1. The Labute approximate surface area is 91.6 Å². The number of benzene rings is 1. The Morgan fingerprint density at radius 1 is 1.07 bits per heavy atom. The SMILES string of the molecule is CCOc1cccc(N(C)C)c1OCC. The summed E-state index contributed by atoms with van der Waals surface area (Å²) in [4.78, 5) is 2.02. The number of anilines is 1. The summed E-state index contributed by atoms with van der Waals surface area (Å²) in [6.45, 7) is 5.24. The number of rotatable bonds is 5. The van der Waals surface area contributed by atoms with Crippen molar-refractivity contribution >= 4 is 5.69 Å². The monoisotopic (exact) mass is 209 g/mol. The molecule has 0 radical (unpaired) electrons. The first-order valence-corrected chi connectivity index (χ1v) is 5.26. The van der Waals surface area contributed by atoms with E-state index in [9.17, 15) is 0 Å². The van der Waals surface area contributed by atoms with E-state index in [2.05, 4.69) is 0 Å². The van der Waals surface area contributed by atoms with Gasteiger partial charge in [-0.2, -0.15) is 0 Å². The quantitative estimate of drug-likeness (QED) is 0.744. The molecule has 0 aliphatic heterocycles. The first-order chi connectivity index (χ1) is 7.20. The average molecular weight is 209 g/mol. The molecule has 0 unspecified atom stereocenters. The second-order valence-corrected chi connectivity index (χ2v) is 3.36. The van der Waals surface area contributed by atoms with Crippen LogP contribution < -0.4 is 14.4 Å². The summed E-state index contributed by atoms with van der Waals surface area (Å²) in [5.74, 6) is 1.64. The van der Waals surface area contributed by atoms with Crippen LogP contribution in [0.4, 0.5) is 5.69 Å². The lowest BCUT2D eigenvalue weighted by molar-refractivity contribution is 0.288. The smallest absolute Gasteiger partial charge is 0.184 e. The van der Waals surface area contributed by atoms with Crippen molar-refractivity contribution < 1.29 is 9.47 Å². The molecule has 0 heterocycles. The fourth-order valence-corrected chi connectivity index (χ4v) is 1.41. The molecule has 0 bridgehead atoms. The highest BCUT2D eigenvalue weighted by atomic mass is 16.5. The van der Waals surface area contributed by atoms with E-state index in [1.54, 1.807) is 0 Å². The molecule has 0 fully saturated rings. The molecule has 0 saturated heterocycles. The topological polar surface area (TPSA) is 21.7 Å². The third-order valence-corrected chi connectivity index (χ3v) is 2.03. The lowest BCUT2D eigenvalue weighted by atomic mass is 10.2. The summed E-state index contributed by atoms with van der Waals surface area (Å²) in [5, 5.41) is 0. The highest BCUT2D eigenvalue weighted by Crippen LogP contribution is 2.36. The zero-order chi connectivity index (χ0) is 11.3. The number of hydrogen-bond acceptors (Lipinski definition) is 3. The van der Waals surface area contributed by atoms with Gasteiger partial charge in [0.05, 0.1) is 18.9 Å². The van der Waals surface area contributed by atoms with Gasteiger partial charge >= 0.3 is 0 Å². The number of hydrogen-bond donors (Lipinski definition) is 0. The van der Waals surface area contributed by atoms with Gasteiger partial charge in [0.15, 0.2) is 11.5 Å². The van der Waals surface area contributed by atoms with Crippen LogP contribution in [0.25, 0.3) is 0 Å². The second-order valence-electron chi connectivity index (χ2n) is 3.36. The van der Waals surface area contributed by atoms with Crippen LogP contribution in [-0.4, -0.2) is 27.3 Å². The van der Waals surface area contributed by atoms with Crippen molar-refractivity contribution in [1.29, 1.82) is 0 Å². The third kappa shape index (κ3) is 2.78. The zero-order valence-corrected chi connectivity index (χ0v) is 9.91. The largest absolute Gasteiger partial charge is 0.490 e. The third-order valence-electron chi connectivity index (χ3n) is 2.03. The minimum atomic E-state index is 0.644. The van der Waals surface area contributed by atoms with E-state index in [1.165, 1.54) is 0 Å². The van der Waals surface area contributed by atoms with E-state index < -0.39 is 0 Å². The van der Waals surface area contributed by atoms with E-state index in [-0.39, 0.29) is 0 Å². The molecule has 1 rings (SSSR count). The molecule has 0 N–H and O–H groups in total. The summed E-state index contributed by atoms with van der Waals surface area (Å²) in [5.41, 5.74) is 1.04. The van der Waals surface area contributed by atoms with Crippen LogP contribution >= 0.6 is 0 Å². The molecule has 1 aromatic rings. The molecule has 0 aliphatic carbocycles. The van der Waals surface area contributed by atoms with Crippen LogP contribution in [0, 0.1) is 0 Å². The molecule has 1 aromatic carbocycles. The van der Waals surface area contributed by atoms with Crippen LogP contribution in [0.15, 0.2) is 18.2 Å². The fraction of sp³-hybridized carbons (Fsp3) is 0.500. The normalized spacial score (nSPS) is 9.87. The summed E-state index contributed by atoms with van der Waals surface area (Å²) in [6, 6.07) is 5.93. The van der Waals surface area contributed by atoms with Gasteiger partial charge in [-0.25, -0.2) is 0 Å². The lowest BCUT2D eigenvalue weighted by Crippen LogP contribution is -2.11. The van der Waals surface area contributed by atoms with Crippen molar-refractivity contribution in [3.8, 4) is 11.5 Å². The molecule has 0 amide bonds. The van der Waals surface area contributed by atoms with Crippen LogP contribution in [0.3, 0.4) is 0 Å². The van der Waals surface area contributed by atoms with Crippen molar-refractivity contribution in [2.45, 2.75) is 13.8 Å². The molecule has 84 valence electrons. The van der Waals surface area contributed by atoms with E-state index in [1.807, 2.05) is 51.0 Å². The van der Waals surface area contributed by atoms with Gasteiger partial charge in [0.2, 0.25) is 0 Å². The first-order valence-electron chi connectivity index (χ1n) is 5.26. The van der Waals surface area contributed by atoms with Crippen LogP contribution in [-0.2, 0) is 0 Å². The fourth-order valence-electron chi connectivity index (χ4n) is 1.41. The van der Waals surface area contributed by atoms with Gasteiger partial charge in [-0.1, -0.05) is 6.07 Å². The average Bonchev–Trinajstić information content (AvgIpc) is 2.21. The Hall–Kier alpha value is -1.38. The molecule has 0 atom stereocenters. The molecule has 0 aromatic heterocycles. The zero-order valence-electron chi connectivity index (χ0n) is 9.91. The Kier molecular flexibility index (Phi) is 4.28. The highest BCUT2D eigenvalue weighted by molar-refractivity contribution is 5.64. The van der Waals surface area contributed by atoms with Gasteiger partial charge in [0, 0.05) is 14.1 Å². The molecule has 3 nitrogen and oxygen atoms in total. The van der Waals surface area contributed by atoms with Crippen molar-refractivity contribution in [2.24, 2.45) is 0 Å². The van der Waals surface area contributed by atoms with Crippen molar-refractivity contribution in [3.63, 3.8) is 0 Å². The van der Waals surface area contributed by atoms with Gasteiger partial charge < -0.3 is 14.4 Å².